The van der Waals surface area contributed by atoms with Crippen molar-refractivity contribution in [3.63, 3.8) is 0 Å². The van der Waals surface area contributed by atoms with Crippen molar-refractivity contribution in [3.8, 4) is 23.0 Å². The predicted molar refractivity (Wildman–Crippen MR) is 222 cm³/mol. The third kappa shape index (κ3) is 18.0. The lowest BCUT2D eigenvalue weighted by atomic mass is 9.78. The van der Waals surface area contributed by atoms with Crippen LogP contribution in [0.3, 0.4) is 0 Å². The van der Waals surface area contributed by atoms with Gasteiger partial charge in [-0.05, 0) is 118 Å². The van der Waals surface area contributed by atoms with Gasteiger partial charge >= 0.3 is 0 Å². The zero-order chi connectivity index (χ0) is 38.6. The maximum absolute atomic E-state index is 9.77. The molecule has 2 aliphatic carbocycles. The van der Waals surface area contributed by atoms with E-state index in [9.17, 15) is 10.2 Å². The Bertz CT molecular complexity index is 1390. The molecule has 0 aromatic heterocycles. The van der Waals surface area contributed by atoms with Gasteiger partial charge in [-0.1, -0.05) is 150 Å². The summed E-state index contributed by atoms with van der Waals surface area (Å²) in [6.45, 7) is 19.8. The molecular formula is C48H70O4. The molecule has 0 saturated heterocycles. The van der Waals surface area contributed by atoms with E-state index in [2.05, 4.69) is 34.6 Å². The van der Waals surface area contributed by atoms with E-state index in [1.807, 2.05) is 76.2 Å². The monoisotopic (exact) mass is 711 g/mol. The Hall–Kier alpha value is -3.92. The smallest absolute Gasteiger partial charge is 0.119 e. The average molecular weight is 711 g/mol. The van der Waals surface area contributed by atoms with Gasteiger partial charge in [0.25, 0.3) is 0 Å². The zero-order valence-corrected chi connectivity index (χ0v) is 33.8. The molecule has 2 saturated carbocycles. The number of hydrogen-bond acceptors (Lipinski definition) is 4. The first kappa shape index (κ1) is 44.2. The topological polar surface area (TPSA) is 80.9 Å². The summed E-state index contributed by atoms with van der Waals surface area (Å²) >= 11 is 0. The Kier molecular flexibility index (Phi) is 20.1. The number of benzene rings is 4. The fourth-order valence-electron chi connectivity index (χ4n) is 6.76. The highest BCUT2D eigenvalue weighted by molar-refractivity contribution is 5.44. The molecule has 0 aliphatic heterocycles. The van der Waals surface area contributed by atoms with Gasteiger partial charge in [-0.25, -0.2) is 0 Å². The molecular weight excluding hydrogens is 641 g/mol. The third-order valence-corrected chi connectivity index (χ3v) is 10.5. The molecule has 0 unspecified atom stereocenters. The normalized spacial score (nSPS) is 16.9. The van der Waals surface area contributed by atoms with Crippen LogP contribution in [0.25, 0.3) is 0 Å². The second-order valence-corrected chi connectivity index (χ2v) is 16.0. The Morgan fingerprint density at radius 1 is 0.462 bits per heavy atom. The maximum atomic E-state index is 9.77. The Balaban J connectivity index is 0.000000234. The van der Waals surface area contributed by atoms with Crippen molar-refractivity contribution < 1.29 is 20.4 Å². The summed E-state index contributed by atoms with van der Waals surface area (Å²) in [6.07, 6.45) is 13.9. The van der Waals surface area contributed by atoms with Crippen LogP contribution in [0.1, 0.15) is 126 Å². The molecule has 52 heavy (non-hydrogen) atoms. The van der Waals surface area contributed by atoms with E-state index in [0.29, 0.717) is 17.9 Å². The van der Waals surface area contributed by atoms with Crippen LogP contribution in [0.2, 0.25) is 0 Å². The lowest BCUT2D eigenvalue weighted by molar-refractivity contribution is 0.234. The molecule has 0 bridgehead atoms. The van der Waals surface area contributed by atoms with Crippen molar-refractivity contribution in [3.05, 3.63) is 118 Å². The van der Waals surface area contributed by atoms with Gasteiger partial charge in [0.1, 0.15) is 23.0 Å². The van der Waals surface area contributed by atoms with Crippen LogP contribution in [-0.4, -0.2) is 20.4 Å². The van der Waals surface area contributed by atoms with E-state index in [-0.39, 0.29) is 11.5 Å². The van der Waals surface area contributed by atoms with Crippen molar-refractivity contribution in [1.29, 1.82) is 0 Å². The van der Waals surface area contributed by atoms with Crippen LogP contribution >= 0.6 is 0 Å². The van der Waals surface area contributed by atoms with Crippen molar-refractivity contribution in [2.24, 2.45) is 29.6 Å². The number of phenolic OH excluding ortho intramolecular Hbond substituents is 4. The summed E-state index contributed by atoms with van der Waals surface area (Å²) in [5, 5.41) is 37.1. The molecule has 4 aromatic carbocycles. The first-order valence-corrected chi connectivity index (χ1v) is 19.7. The van der Waals surface area contributed by atoms with Gasteiger partial charge in [0.15, 0.2) is 0 Å². The molecule has 0 amide bonds. The van der Waals surface area contributed by atoms with Crippen molar-refractivity contribution >= 4 is 0 Å². The summed E-state index contributed by atoms with van der Waals surface area (Å²) in [7, 11) is 0. The summed E-state index contributed by atoms with van der Waals surface area (Å²) in [5.41, 5.74) is 6.22. The van der Waals surface area contributed by atoms with Crippen molar-refractivity contribution in [1.82, 2.24) is 0 Å². The summed E-state index contributed by atoms with van der Waals surface area (Å²) in [5.74, 6) is 6.17. The van der Waals surface area contributed by atoms with Gasteiger partial charge < -0.3 is 20.4 Å². The first-order chi connectivity index (χ1) is 24.6. The molecule has 286 valence electrons. The van der Waals surface area contributed by atoms with E-state index in [4.69, 9.17) is 10.2 Å². The minimum atomic E-state index is 0.275. The fraction of sp³-hybridized carbons (Fsp3) is 0.500. The molecule has 0 atom stereocenters. The molecule has 2 fully saturated rings. The van der Waals surface area contributed by atoms with E-state index >= 15 is 0 Å². The van der Waals surface area contributed by atoms with Gasteiger partial charge in [-0.15, -0.1) is 0 Å². The SMILES string of the molecule is CC(C)C1CCCCC1.CC1CCC(C(C)C)CC1.Cc1ccc(O)c(Cc2cc(C)ccc2O)c1.Cc1ccc(O)cc1.Cc1ccc(O)cc1. The van der Waals surface area contributed by atoms with Gasteiger partial charge in [0, 0.05) is 6.42 Å². The quantitative estimate of drug-likeness (QED) is 0.170. The minimum Gasteiger partial charge on any atom is -0.508 e. The van der Waals surface area contributed by atoms with Crippen LogP contribution < -0.4 is 0 Å². The first-order valence-electron chi connectivity index (χ1n) is 19.7. The number of aromatic hydroxyl groups is 4. The summed E-state index contributed by atoms with van der Waals surface area (Å²) in [6, 6.07) is 25.2. The van der Waals surface area contributed by atoms with Crippen LogP contribution in [0.4, 0.5) is 0 Å². The standard InChI is InChI=1S/C15H16O2.C10H20.C9H18.2C7H8O/c1-10-3-5-14(16)12(7-10)9-13-8-11(2)4-6-15(13)17;1-8(2)10-6-4-9(3)5-7-10;1-8(2)9-6-4-3-5-7-9;2*1-6-2-4-7(8)5-3-6/h3-8,16-17H,9H2,1-2H3;8-10H,4-7H2,1-3H3;8-9H,3-7H2,1-2H3;2*2-5,8H,1H3. The molecule has 4 aromatic rings. The van der Waals surface area contributed by atoms with Gasteiger partial charge in [0.2, 0.25) is 0 Å². The number of phenols is 4. The van der Waals surface area contributed by atoms with E-state index in [1.54, 1.807) is 36.4 Å². The van der Waals surface area contributed by atoms with E-state index < -0.39 is 0 Å². The highest BCUT2D eigenvalue weighted by Gasteiger charge is 2.20. The lowest BCUT2D eigenvalue weighted by Gasteiger charge is -2.28. The van der Waals surface area contributed by atoms with Crippen molar-refractivity contribution in [2.75, 3.05) is 0 Å². The molecule has 0 radical (unpaired) electrons. The Labute approximate surface area is 317 Å². The maximum Gasteiger partial charge on any atom is 0.119 e. The second kappa shape index (κ2) is 23.6. The van der Waals surface area contributed by atoms with E-state index in [0.717, 1.165) is 51.8 Å². The number of aryl methyl sites for hydroxylation is 4. The zero-order valence-electron chi connectivity index (χ0n) is 33.8. The highest BCUT2D eigenvalue weighted by Crippen LogP contribution is 2.33. The van der Waals surface area contributed by atoms with Crippen LogP contribution in [0, 0.1) is 57.3 Å². The summed E-state index contributed by atoms with van der Waals surface area (Å²) < 4.78 is 0. The summed E-state index contributed by atoms with van der Waals surface area (Å²) in [4.78, 5) is 0. The lowest BCUT2D eigenvalue weighted by Crippen LogP contribution is -2.16. The third-order valence-electron chi connectivity index (χ3n) is 10.5. The molecule has 4 heteroatoms. The van der Waals surface area contributed by atoms with Gasteiger partial charge in [-0.2, -0.15) is 0 Å². The molecule has 0 heterocycles. The van der Waals surface area contributed by atoms with Crippen LogP contribution in [0.15, 0.2) is 84.9 Å². The average Bonchev–Trinajstić information content (AvgIpc) is 3.12. The molecule has 0 spiro atoms. The molecule has 2 aliphatic rings. The Morgan fingerprint density at radius 2 is 0.808 bits per heavy atom. The van der Waals surface area contributed by atoms with Gasteiger partial charge in [0.05, 0.1) is 0 Å². The number of rotatable bonds is 4. The molecule has 4 N–H and O–H groups in total. The number of hydrogen-bond donors (Lipinski definition) is 4. The van der Waals surface area contributed by atoms with E-state index in [1.165, 1.54) is 68.9 Å². The largest absolute Gasteiger partial charge is 0.508 e. The Morgan fingerprint density at radius 3 is 1.13 bits per heavy atom. The van der Waals surface area contributed by atoms with Crippen LogP contribution in [0.5, 0.6) is 23.0 Å². The predicted octanol–water partition coefficient (Wildman–Crippen LogP) is 13.4. The van der Waals surface area contributed by atoms with Crippen molar-refractivity contribution in [2.45, 2.75) is 127 Å². The fourth-order valence-corrected chi connectivity index (χ4v) is 6.76. The second-order valence-electron chi connectivity index (χ2n) is 16.0. The minimum absolute atomic E-state index is 0.275. The van der Waals surface area contributed by atoms with Crippen LogP contribution in [-0.2, 0) is 6.42 Å². The molecule has 4 nitrogen and oxygen atoms in total. The van der Waals surface area contributed by atoms with Gasteiger partial charge in [-0.3, -0.25) is 0 Å². The highest BCUT2D eigenvalue weighted by atomic mass is 16.3. The molecule has 6 rings (SSSR count).